The number of benzene rings is 2. The van der Waals surface area contributed by atoms with E-state index in [0.29, 0.717) is 10.0 Å². The number of nitrogens with one attached hydrogen (secondary N) is 1. The number of hydrogen-bond acceptors (Lipinski definition) is 1. The lowest BCUT2D eigenvalue weighted by atomic mass is 9.93. The minimum absolute atomic E-state index is 0.0815. The molecule has 2 aromatic rings. The molecule has 0 bridgehead atoms. The van der Waals surface area contributed by atoms with Crippen molar-refractivity contribution < 1.29 is 0 Å². The Labute approximate surface area is 144 Å². The highest BCUT2D eigenvalue weighted by atomic mass is 79.9. The van der Waals surface area contributed by atoms with Crippen LogP contribution in [-0.2, 0) is 0 Å². The summed E-state index contributed by atoms with van der Waals surface area (Å²) in [7, 11) is 0. The van der Waals surface area contributed by atoms with E-state index in [2.05, 4.69) is 54.2 Å². The number of rotatable bonds is 4. The van der Waals surface area contributed by atoms with Gasteiger partial charge in [0, 0.05) is 14.5 Å². The largest absolute Gasteiger partial charge is 0.307 e. The summed E-state index contributed by atoms with van der Waals surface area (Å²) >= 11 is 15.9. The molecule has 0 aromatic heterocycles. The fourth-order valence-electron chi connectivity index (χ4n) is 2.47. The Hall–Kier alpha value is -0.540. The van der Waals surface area contributed by atoms with Crippen LogP contribution in [0.15, 0.2) is 34.8 Å². The Morgan fingerprint density at radius 1 is 1.00 bits per heavy atom. The molecule has 0 saturated carbocycles. The maximum Gasteiger partial charge on any atom is 0.0580 e. The van der Waals surface area contributed by atoms with Crippen molar-refractivity contribution >= 4 is 39.1 Å². The first-order valence-corrected chi connectivity index (χ1v) is 8.43. The molecule has 0 amide bonds. The predicted octanol–water partition coefficient (Wildman–Crippen LogP) is 6.07. The number of halogens is 3. The normalized spacial score (nSPS) is 12.5. The SMILES string of the molecule is CCNC(c1cc(Cl)cc(Cl)c1)c1cc(C)c(Br)cc1C. The van der Waals surface area contributed by atoms with E-state index in [-0.39, 0.29) is 6.04 Å². The van der Waals surface area contributed by atoms with Gasteiger partial charge in [-0.1, -0.05) is 52.1 Å². The van der Waals surface area contributed by atoms with E-state index in [1.54, 1.807) is 6.07 Å². The second-order valence-corrected chi connectivity index (χ2v) is 6.88. The Bertz CT molecular complexity index is 635. The molecule has 0 heterocycles. The van der Waals surface area contributed by atoms with Crippen molar-refractivity contribution in [1.29, 1.82) is 0 Å². The second-order valence-electron chi connectivity index (χ2n) is 5.15. The second kappa shape index (κ2) is 7.15. The summed E-state index contributed by atoms with van der Waals surface area (Å²) in [6, 6.07) is 10.1. The van der Waals surface area contributed by atoms with E-state index in [1.165, 1.54) is 16.7 Å². The predicted molar refractivity (Wildman–Crippen MR) is 95.6 cm³/mol. The molecule has 1 unspecified atom stereocenters. The van der Waals surface area contributed by atoms with Crippen LogP contribution in [0.3, 0.4) is 0 Å². The van der Waals surface area contributed by atoms with Crippen molar-refractivity contribution in [3.05, 3.63) is 67.1 Å². The van der Waals surface area contributed by atoms with Crippen molar-refractivity contribution in [2.45, 2.75) is 26.8 Å². The zero-order chi connectivity index (χ0) is 15.6. The molecule has 1 atom stereocenters. The summed E-state index contributed by atoms with van der Waals surface area (Å²) in [6.07, 6.45) is 0. The van der Waals surface area contributed by atoms with Gasteiger partial charge in [-0.25, -0.2) is 0 Å². The van der Waals surface area contributed by atoms with Gasteiger partial charge in [-0.05, 0) is 66.9 Å². The number of hydrogen-bond donors (Lipinski definition) is 1. The monoisotopic (exact) mass is 385 g/mol. The maximum atomic E-state index is 6.16. The molecule has 112 valence electrons. The van der Waals surface area contributed by atoms with Crippen molar-refractivity contribution in [1.82, 2.24) is 5.32 Å². The molecule has 1 nitrogen and oxygen atoms in total. The first-order chi connectivity index (χ1) is 9.92. The van der Waals surface area contributed by atoms with Crippen LogP contribution >= 0.6 is 39.1 Å². The average Bonchev–Trinajstić information content (AvgIpc) is 2.39. The molecule has 0 saturated heterocycles. The molecular weight excluding hydrogens is 369 g/mol. The van der Waals surface area contributed by atoms with E-state index < -0.39 is 0 Å². The molecule has 4 heteroatoms. The minimum atomic E-state index is 0.0815. The minimum Gasteiger partial charge on any atom is -0.307 e. The van der Waals surface area contributed by atoms with Gasteiger partial charge in [0.2, 0.25) is 0 Å². The fraction of sp³-hybridized carbons (Fsp3) is 0.294. The van der Waals surface area contributed by atoms with E-state index in [9.17, 15) is 0 Å². The lowest BCUT2D eigenvalue weighted by molar-refractivity contribution is 0.627. The first kappa shape index (κ1) is 16.8. The standard InChI is InChI=1S/C17H18BrCl2N/c1-4-21-17(12-7-13(19)9-14(20)8-12)15-5-11(3)16(18)6-10(15)2/h5-9,17,21H,4H2,1-3H3. The van der Waals surface area contributed by atoms with Gasteiger partial charge in [-0.3, -0.25) is 0 Å². The fourth-order valence-corrected chi connectivity index (χ4v) is 3.47. The summed E-state index contributed by atoms with van der Waals surface area (Å²) < 4.78 is 1.13. The zero-order valence-corrected chi connectivity index (χ0v) is 15.4. The maximum absolute atomic E-state index is 6.16. The third-order valence-electron chi connectivity index (χ3n) is 3.48. The highest BCUT2D eigenvalue weighted by molar-refractivity contribution is 9.10. The van der Waals surface area contributed by atoms with E-state index >= 15 is 0 Å². The zero-order valence-electron chi connectivity index (χ0n) is 12.3. The van der Waals surface area contributed by atoms with Gasteiger partial charge >= 0.3 is 0 Å². The van der Waals surface area contributed by atoms with Gasteiger partial charge in [0.15, 0.2) is 0 Å². The Morgan fingerprint density at radius 2 is 1.62 bits per heavy atom. The average molecular weight is 387 g/mol. The molecule has 0 radical (unpaired) electrons. The Balaban J connectivity index is 2.55. The summed E-state index contributed by atoms with van der Waals surface area (Å²) in [5.74, 6) is 0. The highest BCUT2D eigenvalue weighted by Crippen LogP contribution is 2.32. The lowest BCUT2D eigenvalue weighted by Crippen LogP contribution is -2.23. The molecule has 1 N–H and O–H groups in total. The van der Waals surface area contributed by atoms with Crippen LogP contribution in [-0.4, -0.2) is 6.54 Å². The summed E-state index contributed by atoms with van der Waals surface area (Å²) in [5.41, 5.74) is 4.77. The van der Waals surface area contributed by atoms with Crippen LogP contribution in [0.25, 0.3) is 0 Å². The third-order valence-corrected chi connectivity index (χ3v) is 4.78. The third kappa shape index (κ3) is 4.01. The van der Waals surface area contributed by atoms with Crippen LogP contribution in [0, 0.1) is 13.8 Å². The molecule has 2 rings (SSSR count). The van der Waals surface area contributed by atoms with Crippen LogP contribution in [0.4, 0.5) is 0 Å². The quantitative estimate of drug-likeness (QED) is 0.672. The molecule has 0 fully saturated rings. The van der Waals surface area contributed by atoms with Gasteiger partial charge in [-0.2, -0.15) is 0 Å². The van der Waals surface area contributed by atoms with Crippen LogP contribution in [0.1, 0.15) is 35.2 Å². The van der Waals surface area contributed by atoms with Crippen molar-refractivity contribution in [2.75, 3.05) is 6.54 Å². The summed E-state index contributed by atoms with van der Waals surface area (Å²) in [6.45, 7) is 7.18. The molecule has 2 aromatic carbocycles. The van der Waals surface area contributed by atoms with Gasteiger partial charge < -0.3 is 5.32 Å². The van der Waals surface area contributed by atoms with Gasteiger partial charge in [0.05, 0.1) is 6.04 Å². The molecule has 0 aliphatic rings. The van der Waals surface area contributed by atoms with E-state index in [0.717, 1.165) is 16.6 Å². The Morgan fingerprint density at radius 3 is 2.19 bits per heavy atom. The van der Waals surface area contributed by atoms with Crippen molar-refractivity contribution in [2.24, 2.45) is 0 Å². The van der Waals surface area contributed by atoms with Crippen LogP contribution in [0.2, 0.25) is 10.0 Å². The van der Waals surface area contributed by atoms with Crippen LogP contribution < -0.4 is 5.32 Å². The van der Waals surface area contributed by atoms with Crippen molar-refractivity contribution in [3.63, 3.8) is 0 Å². The first-order valence-electron chi connectivity index (χ1n) is 6.88. The van der Waals surface area contributed by atoms with Gasteiger partial charge in [-0.15, -0.1) is 0 Å². The van der Waals surface area contributed by atoms with Gasteiger partial charge in [0.25, 0.3) is 0 Å². The number of aryl methyl sites for hydroxylation is 2. The summed E-state index contributed by atoms with van der Waals surface area (Å²) in [5, 5.41) is 4.84. The summed E-state index contributed by atoms with van der Waals surface area (Å²) in [4.78, 5) is 0. The van der Waals surface area contributed by atoms with E-state index in [4.69, 9.17) is 23.2 Å². The molecule has 0 spiro atoms. The van der Waals surface area contributed by atoms with Crippen molar-refractivity contribution in [3.8, 4) is 0 Å². The molecule has 0 aliphatic carbocycles. The lowest BCUT2D eigenvalue weighted by Gasteiger charge is -2.22. The molecular formula is C17H18BrCl2N. The van der Waals surface area contributed by atoms with Gasteiger partial charge in [0.1, 0.15) is 0 Å². The van der Waals surface area contributed by atoms with E-state index in [1.807, 2.05) is 12.1 Å². The van der Waals surface area contributed by atoms with Crippen LogP contribution in [0.5, 0.6) is 0 Å². The topological polar surface area (TPSA) is 12.0 Å². The Kier molecular flexibility index (Phi) is 5.73. The molecule has 0 aliphatic heterocycles. The smallest absolute Gasteiger partial charge is 0.0580 e. The molecule has 21 heavy (non-hydrogen) atoms. The highest BCUT2D eigenvalue weighted by Gasteiger charge is 2.17.